The lowest BCUT2D eigenvalue weighted by molar-refractivity contribution is -0.145. The number of hydrogen-bond acceptors (Lipinski definition) is 7. The van der Waals surface area contributed by atoms with E-state index >= 15 is 0 Å². The molecule has 0 spiro atoms. The quantitative estimate of drug-likeness (QED) is 0.540. The Morgan fingerprint density at radius 1 is 1.44 bits per heavy atom. The van der Waals surface area contributed by atoms with E-state index in [0.29, 0.717) is 10.7 Å². The molecule has 0 saturated carbocycles. The summed E-state index contributed by atoms with van der Waals surface area (Å²) in [6.07, 6.45) is 0. The van der Waals surface area contributed by atoms with Crippen LogP contribution in [0.15, 0.2) is 28.5 Å². The predicted octanol–water partition coefficient (Wildman–Crippen LogP) is 3.24. The van der Waals surface area contributed by atoms with E-state index in [9.17, 15) is 18.4 Å². The lowest BCUT2D eigenvalue weighted by atomic mass is 10.1. The summed E-state index contributed by atoms with van der Waals surface area (Å²) in [5, 5.41) is 11.2. The lowest BCUT2D eigenvalue weighted by Gasteiger charge is -2.07. The van der Waals surface area contributed by atoms with E-state index in [4.69, 9.17) is 10.00 Å². The van der Waals surface area contributed by atoms with Gasteiger partial charge in [0, 0.05) is 16.0 Å². The summed E-state index contributed by atoms with van der Waals surface area (Å²) < 4.78 is 31.3. The highest BCUT2D eigenvalue weighted by molar-refractivity contribution is 8.00. The van der Waals surface area contributed by atoms with Gasteiger partial charge in [-0.3, -0.25) is 9.59 Å². The number of hydrogen-bond donors (Lipinski definition) is 0. The Bertz CT molecular complexity index is 833. The number of thiazole rings is 1. The van der Waals surface area contributed by atoms with Crippen LogP contribution < -0.4 is 0 Å². The van der Waals surface area contributed by atoms with E-state index < -0.39 is 35.9 Å². The van der Waals surface area contributed by atoms with Gasteiger partial charge in [-0.05, 0) is 25.1 Å². The summed E-state index contributed by atoms with van der Waals surface area (Å²) in [7, 11) is 0. The number of nitriles is 1. The topological polar surface area (TPSA) is 80.0 Å². The number of carbonyl (C=O) groups excluding carboxylic acids is 2. The molecule has 1 heterocycles. The number of thioether (sulfide) groups is 1. The first-order valence-corrected chi connectivity index (χ1v) is 8.85. The van der Waals surface area contributed by atoms with Gasteiger partial charge in [0.05, 0.1) is 11.8 Å². The Kier molecular flexibility index (Phi) is 6.61. The predicted molar refractivity (Wildman–Crippen MR) is 88.3 cm³/mol. The van der Waals surface area contributed by atoms with Crippen molar-refractivity contribution in [1.29, 1.82) is 5.26 Å². The normalized spacial score (nSPS) is 11.6. The van der Waals surface area contributed by atoms with Crippen LogP contribution in [0, 0.1) is 29.9 Å². The van der Waals surface area contributed by atoms with Crippen LogP contribution in [-0.4, -0.2) is 29.1 Å². The van der Waals surface area contributed by atoms with Crippen molar-refractivity contribution in [2.75, 3.05) is 12.4 Å². The summed E-state index contributed by atoms with van der Waals surface area (Å²) in [6.45, 7) is 1.16. The maximum atomic E-state index is 13.4. The molecule has 25 heavy (non-hydrogen) atoms. The first-order valence-electron chi connectivity index (χ1n) is 6.98. The molecule has 0 saturated heterocycles. The second kappa shape index (κ2) is 8.69. The van der Waals surface area contributed by atoms with Gasteiger partial charge in [-0.1, -0.05) is 0 Å². The zero-order valence-electron chi connectivity index (χ0n) is 13.0. The molecule has 2 rings (SSSR count). The fourth-order valence-corrected chi connectivity index (χ4v) is 3.39. The maximum absolute atomic E-state index is 13.4. The Morgan fingerprint density at radius 3 is 2.84 bits per heavy atom. The molecule has 1 aromatic carbocycles. The highest BCUT2D eigenvalue weighted by atomic mass is 32.2. The number of nitrogens with zero attached hydrogens (tertiary/aromatic N) is 2. The maximum Gasteiger partial charge on any atom is 0.316 e. The third kappa shape index (κ3) is 5.34. The zero-order valence-corrected chi connectivity index (χ0v) is 14.6. The van der Waals surface area contributed by atoms with Gasteiger partial charge in [0.15, 0.2) is 18.3 Å². The number of rotatable bonds is 7. The van der Waals surface area contributed by atoms with Crippen molar-refractivity contribution < 1.29 is 23.1 Å². The van der Waals surface area contributed by atoms with Crippen LogP contribution in [0.4, 0.5) is 8.78 Å². The number of aryl methyl sites for hydroxylation is 1. The molecule has 5 nitrogen and oxygen atoms in total. The third-order valence-corrected chi connectivity index (χ3v) is 4.98. The van der Waals surface area contributed by atoms with Gasteiger partial charge in [-0.25, -0.2) is 13.8 Å². The molecule has 0 amide bonds. The molecule has 0 fully saturated rings. The number of ether oxygens (including phenoxy) is 1. The number of aromatic nitrogens is 1. The van der Waals surface area contributed by atoms with Gasteiger partial charge in [0.1, 0.15) is 16.6 Å². The third-order valence-electron chi connectivity index (χ3n) is 2.95. The molecule has 9 heteroatoms. The molecule has 0 aliphatic carbocycles. The number of esters is 1. The highest BCUT2D eigenvalue weighted by Gasteiger charge is 2.24. The number of Topliss-reactive ketones (excluding diaryl/α,β-unsaturated/α-hetero) is 1. The van der Waals surface area contributed by atoms with Crippen LogP contribution >= 0.6 is 23.1 Å². The second-order valence-electron chi connectivity index (χ2n) is 4.88. The summed E-state index contributed by atoms with van der Waals surface area (Å²) in [6, 6.07) is 4.73. The number of benzene rings is 1. The Labute approximate surface area is 150 Å². The van der Waals surface area contributed by atoms with Crippen LogP contribution in [0.2, 0.25) is 0 Å². The molecule has 2 aromatic rings. The average Bonchev–Trinajstić information content (AvgIpc) is 3.00. The van der Waals surface area contributed by atoms with Crippen molar-refractivity contribution in [1.82, 2.24) is 4.98 Å². The minimum Gasteiger partial charge on any atom is -0.457 e. The minimum absolute atomic E-state index is 0.0311. The van der Waals surface area contributed by atoms with E-state index in [1.165, 1.54) is 11.3 Å². The largest absolute Gasteiger partial charge is 0.457 e. The molecular formula is C16H12F2N2O3S2. The Morgan fingerprint density at radius 2 is 2.20 bits per heavy atom. The van der Waals surface area contributed by atoms with Gasteiger partial charge >= 0.3 is 5.97 Å². The van der Waals surface area contributed by atoms with Crippen LogP contribution in [-0.2, 0) is 14.3 Å². The van der Waals surface area contributed by atoms with E-state index in [1.54, 1.807) is 12.3 Å². The second-order valence-corrected chi connectivity index (χ2v) is 6.79. The molecule has 0 bridgehead atoms. The lowest BCUT2D eigenvalue weighted by Crippen LogP contribution is -2.20. The van der Waals surface area contributed by atoms with Crippen LogP contribution in [0.25, 0.3) is 0 Å². The van der Waals surface area contributed by atoms with Gasteiger partial charge in [0.25, 0.3) is 0 Å². The van der Waals surface area contributed by atoms with Crippen molar-refractivity contribution in [3.05, 3.63) is 45.9 Å². The van der Waals surface area contributed by atoms with E-state index in [1.807, 2.05) is 6.07 Å². The highest BCUT2D eigenvalue weighted by Crippen LogP contribution is 2.23. The number of carbonyl (C=O) groups is 2. The smallest absolute Gasteiger partial charge is 0.316 e. The monoisotopic (exact) mass is 382 g/mol. The van der Waals surface area contributed by atoms with Crippen molar-refractivity contribution >= 4 is 34.9 Å². The standard InChI is InChI=1S/C16H12F2N2O3S2/c1-9-7-25-16(20-9)11(5-19)13(21)6-23-15(22)8-24-14-4-10(17)2-3-12(14)18/h2-4,7,11H,6,8H2,1H3/t11-/m0/s1. The Balaban J connectivity index is 1.85. The fourth-order valence-electron chi connectivity index (χ4n) is 1.77. The van der Waals surface area contributed by atoms with Gasteiger partial charge < -0.3 is 4.74 Å². The molecular weight excluding hydrogens is 370 g/mol. The summed E-state index contributed by atoms with van der Waals surface area (Å²) in [4.78, 5) is 27.7. The molecule has 1 aromatic heterocycles. The van der Waals surface area contributed by atoms with Gasteiger partial charge in [-0.2, -0.15) is 5.26 Å². The SMILES string of the molecule is Cc1csc([C@@H](C#N)C(=O)COC(=O)CSc2cc(F)ccc2F)n1. The van der Waals surface area contributed by atoms with Crippen molar-refractivity contribution in [3.63, 3.8) is 0 Å². The molecule has 0 aliphatic rings. The number of halogens is 2. The molecule has 0 radical (unpaired) electrons. The minimum atomic E-state index is -1.10. The van der Waals surface area contributed by atoms with Crippen molar-refractivity contribution in [3.8, 4) is 6.07 Å². The van der Waals surface area contributed by atoms with E-state index in [2.05, 4.69) is 4.98 Å². The molecule has 0 N–H and O–H groups in total. The summed E-state index contributed by atoms with van der Waals surface area (Å²) >= 11 is 1.94. The van der Waals surface area contributed by atoms with Gasteiger partial charge in [0.2, 0.25) is 0 Å². The summed E-state index contributed by atoms with van der Waals surface area (Å²) in [5.41, 5.74) is 0.693. The molecule has 0 unspecified atom stereocenters. The molecule has 0 aliphatic heterocycles. The van der Waals surface area contributed by atoms with Crippen LogP contribution in [0.3, 0.4) is 0 Å². The molecule has 1 atom stereocenters. The Hall–Kier alpha value is -2.31. The fraction of sp³-hybridized carbons (Fsp3) is 0.250. The average molecular weight is 382 g/mol. The zero-order chi connectivity index (χ0) is 18.4. The first-order chi connectivity index (χ1) is 11.9. The van der Waals surface area contributed by atoms with E-state index in [0.717, 1.165) is 30.0 Å². The van der Waals surface area contributed by atoms with Crippen molar-refractivity contribution in [2.45, 2.75) is 17.7 Å². The van der Waals surface area contributed by atoms with Crippen LogP contribution in [0.1, 0.15) is 16.6 Å². The number of ketones is 1. The first kappa shape index (κ1) is 19.0. The summed E-state index contributed by atoms with van der Waals surface area (Å²) in [5.74, 6) is -4.02. The van der Waals surface area contributed by atoms with Gasteiger partial charge in [-0.15, -0.1) is 23.1 Å². The molecule has 130 valence electrons. The van der Waals surface area contributed by atoms with Crippen molar-refractivity contribution in [2.24, 2.45) is 0 Å². The van der Waals surface area contributed by atoms with Crippen LogP contribution in [0.5, 0.6) is 0 Å². The van der Waals surface area contributed by atoms with E-state index in [-0.39, 0.29) is 10.6 Å².